The first-order valence-electron chi connectivity index (χ1n) is 5.23. The van der Waals surface area contributed by atoms with E-state index in [0.717, 1.165) is 5.56 Å². The predicted molar refractivity (Wildman–Crippen MR) is 64.2 cm³/mol. The second-order valence-electron chi connectivity index (χ2n) is 4.48. The molecule has 3 N–H and O–H groups in total. The van der Waals surface area contributed by atoms with Crippen molar-refractivity contribution in [3.63, 3.8) is 0 Å². The van der Waals surface area contributed by atoms with Crippen LogP contribution in [0.2, 0.25) is 0 Å². The van der Waals surface area contributed by atoms with E-state index in [9.17, 15) is 9.50 Å². The molecular weight excluding hydrogens is 207 g/mol. The highest BCUT2D eigenvalue weighted by Gasteiger charge is 2.25. The second-order valence-corrected chi connectivity index (χ2v) is 4.48. The Morgan fingerprint density at radius 1 is 1.44 bits per heavy atom. The number of hydrogen-bond acceptors (Lipinski definition) is 3. The van der Waals surface area contributed by atoms with Crippen LogP contribution in [0.15, 0.2) is 18.2 Å². The van der Waals surface area contributed by atoms with Crippen LogP contribution in [-0.2, 0) is 5.41 Å². The minimum atomic E-state index is -0.578. The zero-order valence-corrected chi connectivity index (χ0v) is 10.00. The summed E-state index contributed by atoms with van der Waals surface area (Å²) in [6.07, 6.45) is 0. The predicted octanol–water partition coefficient (Wildman–Crippen LogP) is 1.10. The Balaban J connectivity index is 3.15. The van der Waals surface area contributed by atoms with Gasteiger partial charge in [0, 0.05) is 26.1 Å². The second kappa shape index (κ2) is 4.80. The van der Waals surface area contributed by atoms with Gasteiger partial charge in [-0.1, -0.05) is 13.0 Å². The lowest BCUT2D eigenvalue weighted by Gasteiger charge is -2.27. The van der Waals surface area contributed by atoms with Crippen molar-refractivity contribution in [2.24, 2.45) is 5.73 Å². The summed E-state index contributed by atoms with van der Waals surface area (Å²) < 4.78 is 13.7. The molecule has 4 heteroatoms. The number of anilines is 1. The first-order chi connectivity index (χ1) is 7.44. The van der Waals surface area contributed by atoms with Crippen molar-refractivity contribution in [1.82, 2.24) is 0 Å². The molecule has 0 heterocycles. The minimum absolute atomic E-state index is 0.0930. The van der Waals surface area contributed by atoms with E-state index in [2.05, 4.69) is 0 Å². The topological polar surface area (TPSA) is 49.5 Å². The average molecular weight is 226 g/mol. The third-order valence-electron chi connectivity index (χ3n) is 2.93. The highest BCUT2D eigenvalue weighted by Crippen LogP contribution is 2.26. The highest BCUT2D eigenvalue weighted by atomic mass is 19.1. The first kappa shape index (κ1) is 12.9. The first-order valence-corrected chi connectivity index (χ1v) is 5.23. The molecule has 3 nitrogen and oxygen atoms in total. The van der Waals surface area contributed by atoms with Crippen molar-refractivity contribution in [3.05, 3.63) is 29.6 Å². The summed E-state index contributed by atoms with van der Waals surface area (Å²) in [5.74, 6) is -0.296. The number of benzene rings is 1. The summed E-state index contributed by atoms with van der Waals surface area (Å²) in [5.41, 5.74) is 6.28. The van der Waals surface area contributed by atoms with Crippen LogP contribution in [0.5, 0.6) is 0 Å². The molecule has 0 aliphatic rings. The largest absolute Gasteiger partial charge is 0.395 e. The standard InChI is InChI=1S/C12H19FN2O/c1-12(7-14,8-16)9-4-5-11(15(2)3)10(13)6-9/h4-6,16H,7-8,14H2,1-3H3. The summed E-state index contributed by atoms with van der Waals surface area (Å²) in [4.78, 5) is 1.71. The lowest BCUT2D eigenvalue weighted by Crippen LogP contribution is -2.35. The monoisotopic (exact) mass is 226 g/mol. The van der Waals surface area contributed by atoms with Crippen molar-refractivity contribution in [2.45, 2.75) is 12.3 Å². The summed E-state index contributed by atoms with van der Waals surface area (Å²) in [6.45, 7) is 2.01. The molecule has 0 amide bonds. The van der Waals surface area contributed by atoms with Crippen molar-refractivity contribution < 1.29 is 9.50 Å². The Morgan fingerprint density at radius 3 is 2.44 bits per heavy atom. The maximum atomic E-state index is 13.7. The maximum absolute atomic E-state index is 13.7. The molecule has 0 bridgehead atoms. The van der Waals surface area contributed by atoms with Gasteiger partial charge in [0.05, 0.1) is 12.3 Å². The Labute approximate surface area is 95.7 Å². The van der Waals surface area contributed by atoms with Crippen molar-refractivity contribution in [3.8, 4) is 0 Å². The lowest BCUT2D eigenvalue weighted by molar-refractivity contribution is 0.210. The van der Waals surface area contributed by atoms with Crippen LogP contribution in [0, 0.1) is 5.82 Å². The zero-order chi connectivity index (χ0) is 12.3. The third kappa shape index (κ3) is 2.33. The maximum Gasteiger partial charge on any atom is 0.146 e. The molecule has 1 rings (SSSR count). The molecule has 90 valence electrons. The molecule has 1 aromatic rings. The smallest absolute Gasteiger partial charge is 0.146 e. The number of halogens is 1. The van der Waals surface area contributed by atoms with E-state index in [-0.39, 0.29) is 19.0 Å². The van der Waals surface area contributed by atoms with Crippen molar-refractivity contribution >= 4 is 5.69 Å². The molecule has 0 spiro atoms. The summed E-state index contributed by atoms with van der Waals surface area (Å²) in [5, 5.41) is 9.30. The van der Waals surface area contributed by atoms with Crippen LogP contribution in [0.25, 0.3) is 0 Å². The fourth-order valence-electron chi connectivity index (χ4n) is 1.52. The van der Waals surface area contributed by atoms with Gasteiger partial charge in [-0.3, -0.25) is 0 Å². The van der Waals surface area contributed by atoms with Crippen molar-refractivity contribution in [1.29, 1.82) is 0 Å². The van der Waals surface area contributed by atoms with E-state index in [0.29, 0.717) is 5.69 Å². The lowest BCUT2D eigenvalue weighted by atomic mass is 9.83. The van der Waals surface area contributed by atoms with E-state index >= 15 is 0 Å². The molecule has 0 saturated carbocycles. The minimum Gasteiger partial charge on any atom is -0.395 e. The van der Waals surface area contributed by atoms with Gasteiger partial charge >= 0.3 is 0 Å². The van der Waals surface area contributed by atoms with Gasteiger partial charge in [-0.05, 0) is 17.7 Å². The van der Waals surface area contributed by atoms with Crippen LogP contribution < -0.4 is 10.6 Å². The number of aliphatic hydroxyl groups excluding tert-OH is 1. The quantitative estimate of drug-likeness (QED) is 0.808. The number of aliphatic hydroxyl groups is 1. The van der Waals surface area contributed by atoms with Gasteiger partial charge < -0.3 is 15.7 Å². The van der Waals surface area contributed by atoms with Gasteiger partial charge in [-0.2, -0.15) is 0 Å². The van der Waals surface area contributed by atoms with Gasteiger partial charge in [-0.25, -0.2) is 4.39 Å². The van der Waals surface area contributed by atoms with Gasteiger partial charge in [-0.15, -0.1) is 0 Å². The summed E-state index contributed by atoms with van der Waals surface area (Å²) >= 11 is 0. The van der Waals surface area contributed by atoms with E-state index < -0.39 is 5.41 Å². The molecular formula is C12H19FN2O. The van der Waals surface area contributed by atoms with Crippen LogP contribution in [0.1, 0.15) is 12.5 Å². The van der Waals surface area contributed by atoms with Gasteiger partial charge in [0.25, 0.3) is 0 Å². The molecule has 0 saturated heterocycles. The highest BCUT2D eigenvalue weighted by molar-refractivity contribution is 5.49. The van der Waals surface area contributed by atoms with Gasteiger partial charge in [0.15, 0.2) is 0 Å². The molecule has 0 fully saturated rings. The Kier molecular flexibility index (Phi) is 3.88. The Bertz CT molecular complexity index is 362. The van der Waals surface area contributed by atoms with E-state index in [4.69, 9.17) is 5.73 Å². The Hall–Kier alpha value is -1.13. The molecule has 0 aliphatic carbocycles. The fourth-order valence-corrected chi connectivity index (χ4v) is 1.52. The van der Waals surface area contributed by atoms with Gasteiger partial charge in [0.1, 0.15) is 5.82 Å². The summed E-state index contributed by atoms with van der Waals surface area (Å²) in [7, 11) is 3.57. The molecule has 1 atom stereocenters. The van der Waals surface area contributed by atoms with Crippen LogP contribution >= 0.6 is 0 Å². The van der Waals surface area contributed by atoms with E-state index in [1.807, 2.05) is 13.0 Å². The molecule has 1 aromatic carbocycles. The average Bonchev–Trinajstić information content (AvgIpc) is 2.27. The molecule has 0 radical (unpaired) electrons. The van der Waals surface area contributed by atoms with Crippen LogP contribution in [0.4, 0.5) is 10.1 Å². The SMILES string of the molecule is CN(C)c1ccc(C(C)(CN)CO)cc1F. The zero-order valence-electron chi connectivity index (χ0n) is 10.00. The molecule has 1 unspecified atom stereocenters. The molecule has 16 heavy (non-hydrogen) atoms. The number of hydrogen-bond donors (Lipinski definition) is 2. The normalized spacial score (nSPS) is 14.6. The number of nitrogens with zero attached hydrogens (tertiary/aromatic N) is 1. The molecule has 0 aliphatic heterocycles. The number of nitrogens with two attached hydrogens (primary N) is 1. The molecule has 0 aromatic heterocycles. The van der Waals surface area contributed by atoms with E-state index in [1.165, 1.54) is 6.07 Å². The summed E-state index contributed by atoms with van der Waals surface area (Å²) in [6, 6.07) is 4.95. The van der Waals surface area contributed by atoms with Crippen LogP contribution in [0.3, 0.4) is 0 Å². The van der Waals surface area contributed by atoms with E-state index in [1.54, 1.807) is 25.1 Å². The Morgan fingerprint density at radius 2 is 2.06 bits per heavy atom. The van der Waals surface area contributed by atoms with Crippen LogP contribution in [-0.4, -0.2) is 32.4 Å². The van der Waals surface area contributed by atoms with Crippen molar-refractivity contribution in [2.75, 3.05) is 32.1 Å². The van der Waals surface area contributed by atoms with Gasteiger partial charge in [0.2, 0.25) is 0 Å². The number of rotatable bonds is 4. The third-order valence-corrected chi connectivity index (χ3v) is 2.93. The fraction of sp³-hybridized carbons (Fsp3) is 0.500.